The Kier molecular flexibility index (Phi) is 3.27. The number of rotatable bonds is 2. The fraction of sp³-hybridized carbons (Fsp3) is 0.200. The second kappa shape index (κ2) is 4.58. The van der Waals surface area contributed by atoms with Crippen molar-refractivity contribution in [2.24, 2.45) is 5.73 Å². The van der Waals surface area contributed by atoms with E-state index in [1.807, 2.05) is 0 Å². The van der Waals surface area contributed by atoms with E-state index in [1.165, 1.54) is 23.0 Å². The number of hydrogen-bond acceptors (Lipinski definition) is 3. The third-order valence-corrected chi connectivity index (χ3v) is 2.66. The maximum absolute atomic E-state index is 12.7. The van der Waals surface area contributed by atoms with Crippen molar-refractivity contribution >= 4 is 11.6 Å². The summed E-state index contributed by atoms with van der Waals surface area (Å²) in [4.78, 5) is 0. The quantitative estimate of drug-likeness (QED) is 0.916. The van der Waals surface area contributed by atoms with Crippen LogP contribution in [-0.2, 0) is 12.7 Å². The van der Waals surface area contributed by atoms with Gasteiger partial charge in [-0.15, -0.1) is 5.10 Å². The maximum Gasteiger partial charge on any atom is 0.417 e. The second-order valence-corrected chi connectivity index (χ2v) is 3.91. The lowest BCUT2D eigenvalue weighted by atomic mass is 10.2. The summed E-state index contributed by atoms with van der Waals surface area (Å²) >= 11 is 5.53. The van der Waals surface area contributed by atoms with Gasteiger partial charge in [0.25, 0.3) is 0 Å². The van der Waals surface area contributed by atoms with Crippen molar-refractivity contribution in [1.82, 2.24) is 15.0 Å². The number of aromatic nitrogens is 3. The van der Waals surface area contributed by atoms with Crippen molar-refractivity contribution in [2.75, 3.05) is 0 Å². The summed E-state index contributed by atoms with van der Waals surface area (Å²) in [5, 5.41) is 6.93. The van der Waals surface area contributed by atoms with Crippen molar-refractivity contribution < 1.29 is 13.2 Å². The molecule has 0 saturated carbocycles. The molecule has 0 spiro atoms. The standard InChI is InChI=1S/C10H8ClF3N4/c11-9-2-1-6(3-8(9)10(12,13)14)18-7(4-15)5-16-17-18/h1-3,5H,4,15H2. The molecule has 0 amide bonds. The Morgan fingerprint density at radius 3 is 2.67 bits per heavy atom. The van der Waals surface area contributed by atoms with Crippen molar-refractivity contribution in [2.45, 2.75) is 12.7 Å². The average molecular weight is 277 g/mol. The number of benzene rings is 1. The topological polar surface area (TPSA) is 56.7 Å². The lowest BCUT2D eigenvalue weighted by Gasteiger charge is -2.11. The van der Waals surface area contributed by atoms with Gasteiger partial charge in [-0.05, 0) is 18.2 Å². The van der Waals surface area contributed by atoms with Gasteiger partial charge in [-0.3, -0.25) is 0 Å². The Bertz CT molecular complexity index is 564. The first-order valence-corrected chi connectivity index (χ1v) is 5.28. The lowest BCUT2D eigenvalue weighted by molar-refractivity contribution is -0.137. The third kappa shape index (κ3) is 2.32. The van der Waals surface area contributed by atoms with E-state index in [2.05, 4.69) is 10.3 Å². The molecular formula is C10H8ClF3N4. The Morgan fingerprint density at radius 1 is 1.33 bits per heavy atom. The lowest BCUT2D eigenvalue weighted by Crippen LogP contribution is -2.10. The Labute approximate surface area is 105 Å². The number of alkyl halides is 3. The molecule has 2 rings (SSSR count). The molecule has 0 bridgehead atoms. The summed E-state index contributed by atoms with van der Waals surface area (Å²) < 4.78 is 39.3. The van der Waals surface area contributed by atoms with Crippen LogP contribution in [0, 0.1) is 0 Å². The molecule has 96 valence electrons. The minimum Gasteiger partial charge on any atom is -0.325 e. The molecule has 1 aromatic heterocycles. The molecule has 0 aliphatic rings. The molecule has 4 nitrogen and oxygen atoms in total. The van der Waals surface area contributed by atoms with Gasteiger partial charge in [-0.2, -0.15) is 13.2 Å². The largest absolute Gasteiger partial charge is 0.417 e. The molecule has 0 aliphatic heterocycles. The first-order valence-electron chi connectivity index (χ1n) is 4.90. The van der Waals surface area contributed by atoms with Gasteiger partial charge in [0, 0.05) is 6.54 Å². The van der Waals surface area contributed by atoms with Gasteiger partial charge < -0.3 is 5.73 Å². The van der Waals surface area contributed by atoms with E-state index >= 15 is 0 Å². The van der Waals surface area contributed by atoms with E-state index < -0.39 is 11.7 Å². The van der Waals surface area contributed by atoms with Crippen LogP contribution in [0.2, 0.25) is 5.02 Å². The molecule has 8 heteroatoms. The summed E-state index contributed by atoms with van der Waals surface area (Å²) in [5.74, 6) is 0. The molecule has 18 heavy (non-hydrogen) atoms. The van der Waals surface area contributed by atoms with Crippen LogP contribution in [0.3, 0.4) is 0 Å². The number of nitrogens with zero attached hydrogens (tertiary/aromatic N) is 3. The van der Waals surface area contributed by atoms with Crippen LogP contribution in [0.1, 0.15) is 11.3 Å². The normalized spacial score (nSPS) is 11.8. The first kappa shape index (κ1) is 12.8. The number of hydrogen-bond donors (Lipinski definition) is 1. The van der Waals surface area contributed by atoms with Crippen molar-refractivity contribution in [3.05, 3.63) is 40.7 Å². The molecule has 1 aromatic carbocycles. The summed E-state index contributed by atoms with van der Waals surface area (Å²) in [7, 11) is 0. The highest BCUT2D eigenvalue weighted by molar-refractivity contribution is 6.31. The van der Waals surface area contributed by atoms with Crippen molar-refractivity contribution in [1.29, 1.82) is 0 Å². The monoisotopic (exact) mass is 276 g/mol. The zero-order valence-corrected chi connectivity index (χ0v) is 9.70. The van der Waals surface area contributed by atoms with Gasteiger partial charge in [0.15, 0.2) is 0 Å². The van der Waals surface area contributed by atoms with Crippen molar-refractivity contribution in [3.63, 3.8) is 0 Å². The highest BCUT2D eigenvalue weighted by atomic mass is 35.5. The van der Waals surface area contributed by atoms with E-state index in [0.29, 0.717) is 5.69 Å². The molecule has 0 fully saturated rings. The smallest absolute Gasteiger partial charge is 0.325 e. The molecule has 0 radical (unpaired) electrons. The van der Waals surface area contributed by atoms with E-state index in [9.17, 15) is 13.2 Å². The molecule has 2 aromatic rings. The van der Waals surface area contributed by atoms with E-state index in [1.54, 1.807) is 0 Å². The van der Waals surface area contributed by atoms with Crippen LogP contribution in [0.15, 0.2) is 24.4 Å². The van der Waals surface area contributed by atoms with E-state index in [-0.39, 0.29) is 17.3 Å². The Hall–Kier alpha value is -1.60. The number of halogens is 4. The molecule has 0 aliphatic carbocycles. The molecular weight excluding hydrogens is 269 g/mol. The molecule has 0 atom stereocenters. The molecule has 1 heterocycles. The van der Waals surface area contributed by atoms with Crippen LogP contribution in [0.4, 0.5) is 13.2 Å². The predicted molar refractivity (Wildman–Crippen MR) is 59.3 cm³/mol. The first-order chi connectivity index (χ1) is 8.43. The van der Waals surface area contributed by atoms with Gasteiger partial charge in [0.1, 0.15) is 0 Å². The van der Waals surface area contributed by atoms with Crippen LogP contribution in [0.25, 0.3) is 5.69 Å². The van der Waals surface area contributed by atoms with E-state index in [4.69, 9.17) is 17.3 Å². The number of nitrogens with two attached hydrogens (primary N) is 1. The molecule has 0 saturated heterocycles. The highest BCUT2D eigenvalue weighted by Crippen LogP contribution is 2.35. The minimum atomic E-state index is -4.52. The fourth-order valence-electron chi connectivity index (χ4n) is 1.48. The summed E-state index contributed by atoms with van der Waals surface area (Å²) in [6.45, 7) is 0.122. The van der Waals surface area contributed by atoms with E-state index in [0.717, 1.165) is 6.07 Å². The summed E-state index contributed by atoms with van der Waals surface area (Å²) in [6, 6.07) is 3.50. The van der Waals surface area contributed by atoms with Gasteiger partial charge in [-0.25, -0.2) is 4.68 Å². The van der Waals surface area contributed by atoms with Crippen LogP contribution in [0.5, 0.6) is 0 Å². The summed E-state index contributed by atoms with van der Waals surface area (Å²) in [6.07, 6.45) is -3.13. The average Bonchev–Trinajstić information content (AvgIpc) is 2.76. The predicted octanol–water partition coefficient (Wildman–Crippen LogP) is 2.40. The van der Waals surface area contributed by atoms with Crippen LogP contribution in [-0.4, -0.2) is 15.0 Å². The van der Waals surface area contributed by atoms with Crippen molar-refractivity contribution in [3.8, 4) is 5.69 Å². The fourth-order valence-corrected chi connectivity index (χ4v) is 1.70. The zero-order chi connectivity index (χ0) is 13.3. The zero-order valence-electron chi connectivity index (χ0n) is 8.95. The Morgan fingerprint density at radius 2 is 2.06 bits per heavy atom. The van der Waals surface area contributed by atoms with Gasteiger partial charge in [-0.1, -0.05) is 16.8 Å². The third-order valence-electron chi connectivity index (χ3n) is 2.33. The van der Waals surface area contributed by atoms with Gasteiger partial charge >= 0.3 is 6.18 Å². The van der Waals surface area contributed by atoms with Gasteiger partial charge in [0.05, 0.1) is 28.2 Å². The summed E-state index contributed by atoms with van der Waals surface area (Å²) in [5.41, 5.74) is 5.24. The highest BCUT2D eigenvalue weighted by Gasteiger charge is 2.33. The van der Waals surface area contributed by atoms with Gasteiger partial charge in [0.2, 0.25) is 0 Å². The Balaban J connectivity index is 2.54. The minimum absolute atomic E-state index is 0.122. The van der Waals surface area contributed by atoms with Crippen LogP contribution < -0.4 is 5.73 Å². The van der Waals surface area contributed by atoms with Crippen LogP contribution >= 0.6 is 11.6 Å². The second-order valence-electron chi connectivity index (χ2n) is 3.50. The molecule has 2 N–H and O–H groups in total. The SMILES string of the molecule is NCc1cnnn1-c1ccc(Cl)c(C(F)(F)F)c1. The maximum atomic E-state index is 12.7. The molecule has 0 unspecified atom stereocenters.